The normalized spacial score (nSPS) is 11.0. The van der Waals surface area contributed by atoms with Gasteiger partial charge in [-0.2, -0.15) is 8.42 Å². The lowest BCUT2D eigenvalue weighted by Crippen LogP contribution is -2.23. The number of anilines is 2. The van der Waals surface area contributed by atoms with E-state index < -0.39 is 16.2 Å². The van der Waals surface area contributed by atoms with E-state index in [0.717, 1.165) is 6.07 Å². The Morgan fingerprint density at radius 1 is 1.40 bits per heavy atom. The molecule has 0 unspecified atom stereocenters. The molecule has 6 N–H and O–H groups in total. The van der Waals surface area contributed by atoms with Gasteiger partial charge in [0.1, 0.15) is 0 Å². The monoisotopic (exact) mass is 231 g/mol. The summed E-state index contributed by atoms with van der Waals surface area (Å²) in [6, 6.07) is 3.72. The third kappa shape index (κ3) is 3.11. The summed E-state index contributed by atoms with van der Waals surface area (Å²) in [5, 5.41) is 13.5. The SMILES string of the molecule is Nc1ccc(NS(N)(=O)=O)c(C(=O)O)c1. The van der Waals surface area contributed by atoms with Crippen molar-refractivity contribution < 1.29 is 18.3 Å². The van der Waals surface area contributed by atoms with Crippen molar-refractivity contribution in [3.8, 4) is 0 Å². The number of nitrogen functional groups attached to an aromatic ring is 1. The molecule has 0 aliphatic carbocycles. The quantitative estimate of drug-likeness (QED) is 0.524. The van der Waals surface area contributed by atoms with E-state index in [1.807, 2.05) is 4.72 Å². The van der Waals surface area contributed by atoms with Crippen LogP contribution in [-0.2, 0) is 10.2 Å². The molecule has 0 saturated carbocycles. The Hall–Kier alpha value is -1.80. The third-order valence-electron chi connectivity index (χ3n) is 1.53. The maximum atomic E-state index is 10.7. The predicted octanol–water partition coefficient (Wildman–Crippen LogP) is -0.418. The van der Waals surface area contributed by atoms with Crippen molar-refractivity contribution in [3.63, 3.8) is 0 Å². The minimum absolute atomic E-state index is 0.126. The zero-order valence-electron chi connectivity index (χ0n) is 7.47. The molecule has 8 heteroatoms. The first-order valence-electron chi connectivity index (χ1n) is 3.73. The second kappa shape index (κ2) is 3.75. The Morgan fingerprint density at radius 3 is 2.47 bits per heavy atom. The molecule has 0 saturated heterocycles. The highest BCUT2D eigenvalue weighted by molar-refractivity contribution is 7.90. The van der Waals surface area contributed by atoms with Crippen molar-refractivity contribution >= 4 is 27.6 Å². The zero-order valence-corrected chi connectivity index (χ0v) is 8.28. The summed E-state index contributed by atoms with van der Waals surface area (Å²) < 4.78 is 23.3. The van der Waals surface area contributed by atoms with Gasteiger partial charge in [-0.1, -0.05) is 0 Å². The van der Waals surface area contributed by atoms with E-state index in [-0.39, 0.29) is 16.9 Å². The van der Waals surface area contributed by atoms with E-state index in [1.165, 1.54) is 12.1 Å². The summed E-state index contributed by atoms with van der Waals surface area (Å²) in [6.45, 7) is 0. The van der Waals surface area contributed by atoms with Gasteiger partial charge in [-0.05, 0) is 18.2 Å². The number of benzene rings is 1. The van der Waals surface area contributed by atoms with E-state index in [0.29, 0.717) is 0 Å². The van der Waals surface area contributed by atoms with Crippen molar-refractivity contribution in [2.45, 2.75) is 0 Å². The van der Waals surface area contributed by atoms with E-state index in [4.69, 9.17) is 16.0 Å². The van der Waals surface area contributed by atoms with Crippen LogP contribution in [0.4, 0.5) is 11.4 Å². The molecule has 0 aliphatic rings. The standard InChI is InChI=1S/C7H9N3O4S/c8-4-1-2-6(10-15(9,13)14)5(3-4)7(11)12/h1-3,10H,8H2,(H,11,12)(H2,9,13,14). The van der Waals surface area contributed by atoms with Crippen molar-refractivity contribution in [2.24, 2.45) is 5.14 Å². The number of hydrogen-bond acceptors (Lipinski definition) is 4. The summed E-state index contributed by atoms with van der Waals surface area (Å²) in [4.78, 5) is 10.7. The molecule has 15 heavy (non-hydrogen) atoms. The van der Waals surface area contributed by atoms with Crippen LogP contribution in [-0.4, -0.2) is 19.5 Å². The highest BCUT2D eigenvalue weighted by Gasteiger charge is 2.13. The first-order chi connectivity index (χ1) is 6.79. The second-order valence-corrected chi connectivity index (χ2v) is 4.05. The average Bonchev–Trinajstić information content (AvgIpc) is 2.05. The van der Waals surface area contributed by atoms with Gasteiger partial charge < -0.3 is 10.8 Å². The molecule has 0 amide bonds. The molecule has 1 rings (SSSR count). The summed E-state index contributed by atoms with van der Waals surface area (Å²) in [5.41, 5.74) is 5.19. The van der Waals surface area contributed by atoms with Crippen LogP contribution < -0.4 is 15.6 Å². The molecular weight excluding hydrogens is 222 g/mol. The topological polar surface area (TPSA) is 136 Å². The van der Waals surface area contributed by atoms with Gasteiger partial charge in [-0.15, -0.1) is 0 Å². The molecule has 0 radical (unpaired) electrons. The van der Waals surface area contributed by atoms with Crippen molar-refractivity contribution in [3.05, 3.63) is 23.8 Å². The van der Waals surface area contributed by atoms with Gasteiger partial charge in [0.2, 0.25) is 0 Å². The predicted molar refractivity (Wildman–Crippen MR) is 54.5 cm³/mol. The number of rotatable bonds is 3. The molecule has 0 aliphatic heterocycles. The van der Waals surface area contributed by atoms with E-state index >= 15 is 0 Å². The van der Waals surface area contributed by atoms with Crippen molar-refractivity contribution in [1.82, 2.24) is 0 Å². The Balaban J connectivity index is 3.24. The summed E-state index contributed by atoms with van der Waals surface area (Å²) in [6.07, 6.45) is 0. The van der Waals surface area contributed by atoms with Gasteiger partial charge in [-0.3, -0.25) is 4.72 Å². The molecule has 7 nitrogen and oxygen atoms in total. The fraction of sp³-hybridized carbons (Fsp3) is 0. The first-order valence-corrected chi connectivity index (χ1v) is 5.27. The first kappa shape index (κ1) is 11.3. The number of nitrogens with one attached hydrogen (secondary N) is 1. The van der Waals surface area contributed by atoms with Crippen LogP contribution in [0.3, 0.4) is 0 Å². The van der Waals surface area contributed by atoms with Crippen LogP contribution in [0.1, 0.15) is 10.4 Å². The fourth-order valence-corrected chi connectivity index (χ4v) is 1.47. The van der Waals surface area contributed by atoms with E-state index in [2.05, 4.69) is 0 Å². The molecule has 0 aromatic heterocycles. The lowest BCUT2D eigenvalue weighted by molar-refractivity contribution is 0.0698. The number of hydrogen-bond donors (Lipinski definition) is 4. The largest absolute Gasteiger partial charge is 0.478 e. The minimum atomic E-state index is -4.00. The highest BCUT2D eigenvalue weighted by atomic mass is 32.2. The van der Waals surface area contributed by atoms with Gasteiger partial charge in [0.05, 0.1) is 11.3 Å². The lowest BCUT2D eigenvalue weighted by atomic mass is 10.1. The molecular formula is C7H9N3O4S. The maximum absolute atomic E-state index is 10.7. The van der Waals surface area contributed by atoms with E-state index in [9.17, 15) is 13.2 Å². The maximum Gasteiger partial charge on any atom is 0.337 e. The Labute approximate surface area is 85.9 Å². The van der Waals surface area contributed by atoms with Gasteiger partial charge in [0, 0.05) is 5.69 Å². The number of carboxylic acids is 1. The average molecular weight is 231 g/mol. The van der Waals surface area contributed by atoms with Crippen LogP contribution in [0.25, 0.3) is 0 Å². The van der Waals surface area contributed by atoms with Crippen LogP contribution in [0.15, 0.2) is 18.2 Å². The van der Waals surface area contributed by atoms with Gasteiger partial charge >= 0.3 is 5.97 Å². The number of carboxylic acid groups (broad SMARTS) is 1. The van der Waals surface area contributed by atoms with Crippen LogP contribution in [0, 0.1) is 0 Å². The lowest BCUT2D eigenvalue weighted by Gasteiger charge is -2.07. The van der Waals surface area contributed by atoms with Gasteiger partial charge in [0.15, 0.2) is 0 Å². The Morgan fingerprint density at radius 2 is 2.00 bits per heavy atom. The molecule has 1 aromatic carbocycles. The van der Waals surface area contributed by atoms with Crippen LogP contribution in [0.2, 0.25) is 0 Å². The van der Waals surface area contributed by atoms with Gasteiger partial charge in [-0.25, -0.2) is 9.93 Å². The molecule has 1 aromatic rings. The number of carbonyl (C=O) groups is 1. The summed E-state index contributed by atoms with van der Waals surface area (Å²) in [7, 11) is -4.00. The molecule has 0 heterocycles. The molecule has 82 valence electrons. The Bertz CT molecular complexity index is 497. The van der Waals surface area contributed by atoms with E-state index in [1.54, 1.807) is 0 Å². The minimum Gasteiger partial charge on any atom is -0.478 e. The third-order valence-corrected chi connectivity index (χ3v) is 2.03. The summed E-state index contributed by atoms with van der Waals surface area (Å²) in [5.74, 6) is -1.30. The number of nitrogens with two attached hydrogens (primary N) is 2. The smallest absolute Gasteiger partial charge is 0.337 e. The fourth-order valence-electron chi connectivity index (χ4n) is 0.981. The van der Waals surface area contributed by atoms with Crippen LogP contribution in [0.5, 0.6) is 0 Å². The second-order valence-electron chi connectivity index (χ2n) is 2.76. The number of aromatic carboxylic acids is 1. The molecule has 0 spiro atoms. The molecule has 0 fully saturated rings. The highest BCUT2D eigenvalue weighted by Crippen LogP contribution is 2.19. The van der Waals surface area contributed by atoms with Crippen molar-refractivity contribution in [2.75, 3.05) is 10.5 Å². The zero-order chi connectivity index (χ0) is 11.6. The molecule has 0 bridgehead atoms. The van der Waals surface area contributed by atoms with Gasteiger partial charge in [0.25, 0.3) is 10.2 Å². The summed E-state index contributed by atoms with van der Waals surface area (Å²) >= 11 is 0. The van der Waals surface area contributed by atoms with Crippen molar-refractivity contribution in [1.29, 1.82) is 0 Å². The van der Waals surface area contributed by atoms with Crippen LogP contribution >= 0.6 is 0 Å². The molecule has 0 atom stereocenters. The Kier molecular flexibility index (Phi) is 2.82.